The van der Waals surface area contributed by atoms with Crippen molar-refractivity contribution in [2.24, 2.45) is 0 Å². The second-order valence-corrected chi connectivity index (χ2v) is 7.92. The van der Waals surface area contributed by atoms with E-state index in [0.717, 1.165) is 5.56 Å². The van der Waals surface area contributed by atoms with Crippen molar-refractivity contribution in [1.82, 2.24) is 14.8 Å². The van der Waals surface area contributed by atoms with Crippen molar-refractivity contribution in [3.63, 3.8) is 0 Å². The molecular formula is C22H14Cl3FN4O. The van der Waals surface area contributed by atoms with Crippen molar-refractivity contribution in [3.8, 4) is 17.1 Å². The highest BCUT2D eigenvalue weighted by Crippen LogP contribution is 2.27. The molecule has 0 radical (unpaired) electrons. The van der Waals surface area contributed by atoms with Gasteiger partial charge in [-0.15, -0.1) is 5.10 Å². The summed E-state index contributed by atoms with van der Waals surface area (Å²) in [5.74, 6) is -0.647. The molecular weight excluding hydrogens is 462 g/mol. The molecule has 31 heavy (non-hydrogen) atoms. The van der Waals surface area contributed by atoms with Crippen LogP contribution in [0.3, 0.4) is 0 Å². The van der Waals surface area contributed by atoms with E-state index in [1.165, 1.54) is 22.9 Å². The van der Waals surface area contributed by atoms with Crippen LogP contribution in [0.25, 0.3) is 17.1 Å². The zero-order chi connectivity index (χ0) is 22.1. The number of hydrogen-bond acceptors (Lipinski definition) is 3. The molecule has 1 amide bonds. The average Bonchev–Trinajstić information content (AvgIpc) is 3.19. The quantitative estimate of drug-likeness (QED) is 0.362. The first-order chi connectivity index (χ1) is 14.8. The number of amides is 1. The maximum atomic E-state index is 13.4. The summed E-state index contributed by atoms with van der Waals surface area (Å²) in [6.07, 6.45) is 0. The van der Waals surface area contributed by atoms with Crippen LogP contribution in [-0.2, 0) is 0 Å². The normalized spacial score (nSPS) is 10.9. The van der Waals surface area contributed by atoms with Crippen LogP contribution >= 0.6 is 34.8 Å². The number of nitrogens with one attached hydrogen (secondary N) is 1. The van der Waals surface area contributed by atoms with E-state index in [2.05, 4.69) is 15.4 Å². The fourth-order valence-corrected chi connectivity index (χ4v) is 3.32. The number of nitrogens with zero attached hydrogens (tertiary/aromatic N) is 3. The number of aromatic nitrogens is 3. The van der Waals surface area contributed by atoms with Crippen LogP contribution in [0, 0.1) is 12.7 Å². The van der Waals surface area contributed by atoms with Gasteiger partial charge in [0.2, 0.25) is 5.82 Å². The van der Waals surface area contributed by atoms with Crippen LogP contribution in [0.2, 0.25) is 15.1 Å². The van der Waals surface area contributed by atoms with Crippen LogP contribution in [-0.4, -0.2) is 20.7 Å². The molecule has 0 atom stereocenters. The summed E-state index contributed by atoms with van der Waals surface area (Å²) in [7, 11) is 0. The zero-order valence-corrected chi connectivity index (χ0v) is 18.3. The Balaban J connectivity index is 1.76. The molecule has 0 saturated carbocycles. The lowest BCUT2D eigenvalue weighted by atomic mass is 10.2. The van der Waals surface area contributed by atoms with Crippen LogP contribution < -0.4 is 5.32 Å². The van der Waals surface area contributed by atoms with Gasteiger partial charge in [0.25, 0.3) is 5.91 Å². The Morgan fingerprint density at radius 3 is 2.35 bits per heavy atom. The Bertz CT molecular complexity index is 1290. The van der Waals surface area contributed by atoms with Crippen LogP contribution in [0.15, 0.2) is 60.7 Å². The lowest BCUT2D eigenvalue weighted by molar-refractivity contribution is 0.101. The number of aryl methyl sites for hydroxylation is 1. The number of carbonyl (C=O) groups excluding carboxylic acids is 1. The van der Waals surface area contributed by atoms with Crippen molar-refractivity contribution >= 4 is 46.4 Å². The molecule has 5 nitrogen and oxygen atoms in total. The summed E-state index contributed by atoms with van der Waals surface area (Å²) in [6, 6.07) is 15.8. The topological polar surface area (TPSA) is 59.8 Å². The van der Waals surface area contributed by atoms with E-state index >= 15 is 0 Å². The molecule has 9 heteroatoms. The van der Waals surface area contributed by atoms with Gasteiger partial charge in [0.05, 0.1) is 15.7 Å². The van der Waals surface area contributed by atoms with Gasteiger partial charge in [-0.25, -0.2) is 14.1 Å². The highest BCUT2D eigenvalue weighted by atomic mass is 35.5. The van der Waals surface area contributed by atoms with E-state index in [9.17, 15) is 9.18 Å². The summed E-state index contributed by atoms with van der Waals surface area (Å²) < 4.78 is 14.9. The molecule has 0 spiro atoms. The first-order valence-electron chi connectivity index (χ1n) is 9.08. The van der Waals surface area contributed by atoms with Gasteiger partial charge in [-0.1, -0.05) is 40.9 Å². The summed E-state index contributed by atoms with van der Waals surface area (Å²) in [5, 5.41) is 8.28. The molecule has 0 bridgehead atoms. The van der Waals surface area contributed by atoms with Crippen LogP contribution in [0.5, 0.6) is 0 Å². The molecule has 1 N–H and O–H groups in total. The molecule has 0 aliphatic heterocycles. The number of halogens is 4. The third-order valence-electron chi connectivity index (χ3n) is 4.49. The average molecular weight is 476 g/mol. The van der Waals surface area contributed by atoms with E-state index < -0.39 is 5.91 Å². The first-order valence-corrected chi connectivity index (χ1v) is 10.2. The fraction of sp³-hybridized carbons (Fsp3) is 0.0455. The van der Waals surface area contributed by atoms with Crippen LogP contribution in [0.1, 0.15) is 16.2 Å². The van der Waals surface area contributed by atoms with E-state index in [4.69, 9.17) is 34.8 Å². The van der Waals surface area contributed by atoms with Gasteiger partial charge in [-0.05, 0) is 67.1 Å². The molecule has 4 aromatic rings. The maximum absolute atomic E-state index is 13.4. The fourth-order valence-electron chi connectivity index (χ4n) is 2.85. The Morgan fingerprint density at radius 2 is 1.68 bits per heavy atom. The predicted octanol–water partition coefficient (Wildman–Crippen LogP) is 6.59. The minimum atomic E-state index is -0.543. The van der Waals surface area contributed by atoms with Crippen molar-refractivity contribution < 1.29 is 9.18 Å². The third kappa shape index (κ3) is 4.56. The molecule has 3 aromatic carbocycles. The number of anilines is 1. The lowest BCUT2D eigenvalue weighted by Crippen LogP contribution is -2.14. The molecule has 0 aliphatic rings. The van der Waals surface area contributed by atoms with Gasteiger partial charge >= 0.3 is 0 Å². The van der Waals surface area contributed by atoms with Gasteiger partial charge in [0.1, 0.15) is 5.82 Å². The first kappa shape index (κ1) is 21.3. The molecule has 4 rings (SSSR count). The summed E-state index contributed by atoms with van der Waals surface area (Å²) in [4.78, 5) is 17.2. The standard InChI is InChI=1S/C22H14Cl3FN4O/c1-12-2-8-16(11-18(12)24)30-21(13-3-5-14(26)6-4-13)28-20(29-30)22(31)27-15-7-9-17(23)19(25)10-15/h2-11H,1H3,(H,27,31). The Kier molecular flexibility index (Phi) is 5.96. The van der Waals surface area contributed by atoms with Crippen molar-refractivity contribution in [2.45, 2.75) is 6.92 Å². The van der Waals surface area contributed by atoms with E-state index in [1.54, 1.807) is 30.3 Å². The number of benzene rings is 3. The van der Waals surface area contributed by atoms with Crippen molar-refractivity contribution in [2.75, 3.05) is 5.32 Å². The molecule has 156 valence electrons. The lowest BCUT2D eigenvalue weighted by Gasteiger charge is -2.07. The highest BCUT2D eigenvalue weighted by Gasteiger charge is 2.20. The Morgan fingerprint density at radius 1 is 0.935 bits per heavy atom. The van der Waals surface area contributed by atoms with Gasteiger partial charge in [0.15, 0.2) is 5.82 Å². The van der Waals surface area contributed by atoms with Crippen LogP contribution in [0.4, 0.5) is 10.1 Å². The largest absolute Gasteiger partial charge is 0.319 e. The molecule has 0 aliphatic carbocycles. The maximum Gasteiger partial charge on any atom is 0.295 e. The van der Waals surface area contributed by atoms with Gasteiger partial charge in [-0.2, -0.15) is 0 Å². The van der Waals surface area contributed by atoms with Gasteiger partial charge in [0, 0.05) is 16.3 Å². The molecule has 0 fully saturated rings. The minimum absolute atomic E-state index is 0.0814. The highest BCUT2D eigenvalue weighted by molar-refractivity contribution is 6.42. The minimum Gasteiger partial charge on any atom is -0.319 e. The SMILES string of the molecule is Cc1ccc(-n2nc(C(=O)Nc3ccc(Cl)c(Cl)c3)nc2-c2ccc(F)cc2)cc1Cl. The summed E-state index contributed by atoms with van der Waals surface area (Å²) in [5.41, 5.74) is 2.53. The van der Waals surface area contributed by atoms with Gasteiger partial charge < -0.3 is 5.32 Å². The number of rotatable bonds is 4. The monoisotopic (exact) mass is 474 g/mol. The molecule has 0 unspecified atom stereocenters. The molecule has 1 heterocycles. The summed E-state index contributed by atoms with van der Waals surface area (Å²) >= 11 is 18.2. The predicted molar refractivity (Wildman–Crippen MR) is 121 cm³/mol. The van der Waals surface area contributed by atoms with Crippen molar-refractivity contribution in [3.05, 3.63) is 92.9 Å². The second-order valence-electron chi connectivity index (χ2n) is 6.69. The third-order valence-corrected chi connectivity index (χ3v) is 5.64. The van der Waals surface area contributed by atoms with Crippen molar-refractivity contribution in [1.29, 1.82) is 0 Å². The summed E-state index contributed by atoms with van der Waals surface area (Å²) in [6.45, 7) is 1.88. The Labute approximate surface area is 192 Å². The number of hydrogen-bond donors (Lipinski definition) is 1. The van der Waals surface area contributed by atoms with E-state index in [0.29, 0.717) is 37.8 Å². The smallest absolute Gasteiger partial charge is 0.295 e. The second kappa shape index (κ2) is 8.67. The zero-order valence-electron chi connectivity index (χ0n) is 16.0. The molecule has 1 aromatic heterocycles. The molecule has 0 saturated heterocycles. The van der Waals surface area contributed by atoms with E-state index in [-0.39, 0.29) is 11.6 Å². The van der Waals surface area contributed by atoms with Gasteiger partial charge in [-0.3, -0.25) is 4.79 Å². The number of carbonyl (C=O) groups is 1. The Hall–Kier alpha value is -2.93. The van der Waals surface area contributed by atoms with E-state index in [1.807, 2.05) is 19.1 Å².